The molecule has 4 rings (SSSR count). The van der Waals surface area contributed by atoms with Crippen molar-refractivity contribution < 1.29 is 13.2 Å². The van der Waals surface area contributed by atoms with Crippen LogP contribution < -0.4 is 4.74 Å². The summed E-state index contributed by atoms with van der Waals surface area (Å²) in [6.45, 7) is 0.422. The molecule has 0 saturated carbocycles. The smallest absolute Gasteiger partial charge is 0.150 e. The van der Waals surface area contributed by atoms with E-state index in [1.165, 1.54) is 0 Å². The van der Waals surface area contributed by atoms with Gasteiger partial charge >= 0.3 is 0 Å². The lowest BCUT2D eigenvalue weighted by molar-refractivity contribution is 0.301. The van der Waals surface area contributed by atoms with Crippen LogP contribution in [0.15, 0.2) is 61.1 Å². The Hall–Kier alpha value is -2.67. The summed E-state index contributed by atoms with van der Waals surface area (Å²) >= 11 is 0. The van der Waals surface area contributed by atoms with Crippen LogP contribution in [0.3, 0.4) is 0 Å². The molecule has 0 spiro atoms. The van der Waals surface area contributed by atoms with Gasteiger partial charge in [0.1, 0.15) is 28.0 Å². The number of ether oxygens (including phenoxy) is 1. The zero-order valence-electron chi connectivity index (χ0n) is 14.9. The van der Waals surface area contributed by atoms with E-state index in [1.807, 2.05) is 48.7 Å². The summed E-state index contributed by atoms with van der Waals surface area (Å²) in [7, 11) is -2.87. The van der Waals surface area contributed by atoms with Crippen molar-refractivity contribution in [2.75, 3.05) is 11.5 Å². The summed E-state index contributed by atoms with van der Waals surface area (Å²) in [5.74, 6) is 2.12. The fourth-order valence-electron chi connectivity index (χ4n) is 3.33. The van der Waals surface area contributed by atoms with Gasteiger partial charge in [-0.15, -0.1) is 0 Å². The molecular weight excluding hydrogens is 362 g/mol. The van der Waals surface area contributed by atoms with Gasteiger partial charge in [-0.3, -0.25) is 4.98 Å². The minimum absolute atomic E-state index is 0.172. The molecule has 0 bridgehead atoms. The standard InChI is InChI=1S/C20H21N3O3S/c24-27(25)13-8-18(9-14-27)23-12-11-22-20(23)16-4-6-19(7-5-16)26-15-17-3-1-2-10-21-17/h1-7,10-12,18H,8-9,13-15H2. The third kappa shape index (κ3) is 4.19. The molecule has 1 aliphatic rings. The van der Waals surface area contributed by atoms with Crippen molar-refractivity contribution in [2.45, 2.75) is 25.5 Å². The third-order valence-electron chi connectivity index (χ3n) is 4.81. The minimum atomic E-state index is -2.87. The minimum Gasteiger partial charge on any atom is -0.487 e. The summed E-state index contributed by atoms with van der Waals surface area (Å²) < 4.78 is 31.2. The average molecular weight is 383 g/mol. The Morgan fingerprint density at radius 2 is 1.78 bits per heavy atom. The topological polar surface area (TPSA) is 74.1 Å². The van der Waals surface area contributed by atoms with E-state index in [0.717, 1.165) is 22.8 Å². The second-order valence-electron chi connectivity index (χ2n) is 6.68. The van der Waals surface area contributed by atoms with E-state index in [1.54, 1.807) is 12.4 Å². The number of sulfone groups is 1. The number of pyridine rings is 1. The van der Waals surface area contributed by atoms with Crippen LogP contribution in [-0.4, -0.2) is 34.5 Å². The molecule has 1 aliphatic heterocycles. The van der Waals surface area contributed by atoms with Crippen LogP contribution in [0.4, 0.5) is 0 Å². The predicted molar refractivity (Wildman–Crippen MR) is 103 cm³/mol. The molecule has 140 valence electrons. The van der Waals surface area contributed by atoms with Gasteiger partial charge in [0.2, 0.25) is 0 Å². The summed E-state index contributed by atoms with van der Waals surface area (Å²) in [5, 5.41) is 0. The summed E-state index contributed by atoms with van der Waals surface area (Å²) in [5.41, 5.74) is 1.86. The fraction of sp³-hybridized carbons (Fsp3) is 0.300. The van der Waals surface area contributed by atoms with Crippen molar-refractivity contribution in [1.29, 1.82) is 0 Å². The Morgan fingerprint density at radius 1 is 1.00 bits per heavy atom. The van der Waals surface area contributed by atoms with Gasteiger partial charge in [0.15, 0.2) is 0 Å². The Morgan fingerprint density at radius 3 is 2.48 bits per heavy atom. The second-order valence-corrected chi connectivity index (χ2v) is 8.98. The maximum Gasteiger partial charge on any atom is 0.150 e. The number of nitrogens with zero attached hydrogens (tertiary/aromatic N) is 3. The lowest BCUT2D eigenvalue weighted by Crippen LogP contribution is -2.25. The van der Waals surface area contributed by atoms with Crippen molar-refractivity contribution in [1.82, 2.24) is 14.5 Å². The van der Waals surface area contributed by atoms with E-state index in [0.29, 0.717) is 19.4 Å². The molecule has 0 atom stereocenters. The number of aromatic nitrogens is 3. The molecule has 0 aliphatic carbocycles. The molecule has 2 aromatic heterocycles. The van der Waals surface area contributed by atoms with Gasteiger partial charge in [0.05, 0.1) is 17.2 Å². The van der Waals surface area contributed by atoms with Gasteiger partial charge in [-0.25, -0.2) is 13.4 Å². The molecule has 0 unspecified atom stereocenters. The summed E-state index contributed by atoms with van der Waals surface area (Å²) in [6, 6.07) is 13.7. The SMILES string of the molecule is O=S1(=O)CCC(n2ccnc2-c2ccc(OCc3ccccn3)cc2)CC1. The Labute approximate surface area is 158 Å². The highest BCUT2D eigenvalue weighted by molar-refractivity contribution is 7.91. The molecule has 7 heteroatoms. The molecule has 1 saturated heterocycles. The highest BCUT2D eigenvalue weighted by Crippen LogP contribution is 2.29. The average Bonchev–Trinajstić information content (AvgIpc) is 3.17. The van der Waals surface area contributed by atoms with Crippen LogP contribution in [0.2, 0.25) is 0 Å². The molecule has 1 fully saturated rings. The van der Waals surface area contributed by atoms with E-state index >= 15 is 0 Å². The van der Waals surface area contributed by atoms with Crippen molar-refractivity contribution in [2.24, 2.45) is 0 Å². The lowest BCUT2D eigenvalue weighted by Gasteiger charge is -2.25. The summed E-state index contributed by atoms with van der Waals surface area (Å²) in [6.07, 6.45) is 6.72. The molecule has 0 N–H and O–H groups in total. The normalized spacial score (nSPS) is 16.9. The fourth-order valence-corrected chi connectivity index (χ4v) is 4.79. The zero-order chi connectivity index (χ0) is 18.7. The molecule has 0 radical (unpaired) electrons. The number of benzene rings is 1. The van der Waals surface area contributed by atoms with Crippen LogP contribution in [-0.2, 0) is 16.4 Å². The maximum atomic E-state index is 11.7. The van der Waals surface area contributed by atoms with E-state index < -0.39 is 9.84 Å². The first-order chi connectivity index (χ1) is 13.1. The zero-order valence-corrected chi connectivity index (χ0v) is 15.7. The van der Waals surface area contributed by atoms with Crippen LogP contribution in [0, 0.1) is 0 Å². The first-order valence-electron chi connectivity index (χ1n) is 8.97. The highest BCUT2D eigenvalue weighted by atomic mass is 32.2. The van der Waals surface area contributed by atoms with E-state index in [-0.39, 0.29) is 17.5 Å². The third-order valence-corrected chi connectivity index (χ3v) is 6.53. The van der Waals surface area contributed by atoms with Crippen LogP contribution in [0.1, 0.15) is 24.6 Å². The molecule has 3 heterocycles. The van der Waals surface area contributed by atoms with E-state index in [9.17, 15) is 8.42 Å². The summed E-state index contributed by atoms with van der Waals surface area (Å²) in [4.78, 5) is 8.73. The van der Waals surface area contributed by atoms with Gasteiger partial charge < -0.3 is 9.30 Å². The van der Waals surface area contributed by atoms with Gasteiger partial charge in [0.25, 0.3) is 0 Å². The lowest BCUT2D eigenvalue weighted by atomic mass is 10.1. The Kier molecular flexibility index (Phi) is 4.94. The van der Waals surface area contributed by atoms with Crippen molar-refractivity contribution >= 4 is 9.84 Å². The molecule has 6 nitrogen and oxygen atoms in total. The number of hydrogen-bond donors (Lipinski definition) is 0. The quantitative estimate of drug-likeness (QED) is 0.676. The first kappa shape index (κ1) is 17.7. The monoisotopic (exact) mass is 383 g/mol. The predicted octanol–water partition coefficient (Wildman–Crippen LogP) is 3.27. The van der Waals surface area contributed by atoms with Gasteiger partial charge in [-0.1, -0.05) is 6.07 Å². The molecular formula is C20H21N3O3S. The Bertz CT molecular complexity index is 984. The number of rotatable bonds is 5. The highest BCUT2D eigenvalue weighted by Gasteiger charge is 2.26. The van der Waals surface area contributed by atoms with Crippen molar-refractivity contribution in [3.05, 3.63) is 66.7 Å². The maximum absolute atomic E-state index is 11.7. The van der Waals surface area contributed by atoms with Crippen molar-refractivity contribution in [3.63, 3.8) is 0 Å². The Balaban J connectivity index is 1.46. The van der Waals surface area contributed by atoms with Gasteiger partial charge in [-0.2, -0.15) is 0 Å². The number of imidazole rings is 1. The molecule has 3 aromatic rings. The number of hydrogen-bond acceptors (Lipinski definition) is 5. The van der Waals surface area contributed by atoms with E-state index in [4.69, 9.17) is 4.74 Å². The first-order valence-corrected chi connectivity index (χ1v) is 10.8. The van der Waals surface area contributed by atoms with Crippen LogP contribution in [0.5, 0.6) is 5.75 Å². The second kappa shape index (κ2) is 7.52. The largest absolute Gasteiger partial charge is 0.487 e. The van der Waals surface area contributed by atoms with Gasteiger partial charge in [0, 0.05) is 30.2 Å². The van der Waals surface area contributed by atoms with E-state index in [2.05, 4.69) is 14.5 Å². The molecule has 0 amide bonds. The van der Waals surface area contributed by atoms with Gasteiger partial charge in [-0.05, 0) is 49.2 Å². The molecule has 1 aromatic carbocycles. The van der Waals surface area contributed by atoms with Crippen LogP contribution >= 0.6 is 0 Å². The van der Waals surface area contributed by atoms with Crippen molar-refractivity contribution in [3.8, 4) is 17.1 Å². The molecule has 27 heavy (non-hydrogen) atoms. The van der Waals surface area contributed by atoms with Crippen LogP contribution in [0.25, 0.3) is 11.4 Å².